The van der Waals surface area contributed by atoms with Gasteiger partial charge in [-0.2, -0.15) is 0 Å². The van der Waals surface area contributed by atoms with Crippen molar-refractivity contribution in [3.05, 3.63) is 301 Å². The minimum absolute atomic E-state index is 0.540. The number of rotatable bonds is 8. The topological polar surface area (TPSA) is 21.3 Å². The van der Waals surface area contributed by atoms with Crippen molar-refractivity contribution in [1.82, 2.24) is 4.57 Å². The Bertz CT molecular complexity index is 4380. The normalized spacial score (nSPS) is 12.7. The van der Waals surface area contributed by atoms with Crippen molar-refractivity contribution in [2.45, 2.75) is 5.41 Å². The molecule has 0 saturated heterocycles. The van der Waals surface area contributed by atoms with Gasteiger partial charge in [0.1, 0.15) is 11.2 Å². The van der Waals surface area contributed by atoms with Gasteiger partial charge >= 0.3 is 0 Å². The molecule has 0 bridgehead atoms. The number of benzene rings is 12. The number of nitrogens with zero attached hydrogens (tertiary/aromatic N) is 2. The Labute approximate surface area is 429 Å². The second-order valence-electron chi connectivity index (χ2n) is 19.5. The average molecular weight is 943 g/mol. The van der Waals surface area contributed by atoms with Gasteiger partial charge in [-0.3, -0.25) is 0 Å². The van der Waals surface area contributed by atoms with E-state index in [0.29, 0.717) is 0 Å². The van der Waals surface area contributed by atoms with Crippen LogP contribution >= 0.6 is 0 Å². The third-order valence-electron chi connectivity index (χ3n) is 15.7. The molecule has 2 aromatic heterocycles. The van der Waals surface area contributed by atoms with E-state index in [2.05, 4.69) is 289 Å². The van der Waals surface area contributed by atoms with E-state index in [1.54, 1.807) is 0 Å². The molecular formula is C71H46N2O. The number of fused-ring (bicyclic) bond motifs is 11. The number of hydrogen-bond acceptors (Lipinski definition) is 2. The number of para-hydroxylation sites is 3. The number of aromatic nitrogens is 1. The SMILES string of the molecule is c1ccc(C2(c3ccccc3)c3ccccc3-c3c(N(c4ccc(-c5cccc(-n6c7ccccc7c7ccccc76)c5)cc4)c4ccc(-c5cccc6c5oc5c7ccccc7ccc65)cc4)cccc32)cc1. The summed E-state index contributed by atoms with van der Waals surface area (Å²) in [5.74, 6) is 0. The second kappa shape index (κ2) is 16.7. The van der Waals surface area contributed by atoms with Crippen molar-refractivity contribution in [1.29, 1.82) is 0 Å². The van der Waals surface area contributed by atoms with Crippen LogP contribution in [-0.4, -0.2) is 4.57 Å². The van der Waals surface area contributed by atoms with Gasteiger partial charge in [0.05, 0.1) is 22.1 Å². The molecule has 0 unspecified atom stereocenters. The van der Waals surface area contributed by atoms with E-state index in [0.717, 1.165) is 72.3 Å². The van der Waals surface area contributed by atoms with E-state index in [1.807, 2.05) is 0 Å². The molecule has 0 N–H and O–H groups in total. The quantitative estimate of drug-likeness (QED) is 0.151. The van der Waals surface area contributed by atoms with Crippen LogP contribution in [0.25, 0.3) is 93.6 Å². The highest BCUT2D eigenvalue weighted by atomic mass is 16.3. The van der Waals surface area contributed by atoms with Crippen molar-refractivity contribution < 1.29 is 4.42 Å². The Kier molecular flexibility index (Phi) is 9.48. The average Bonchev–Trinajstić information content (AvgIpc) is 4.20. The van der Waals surface area contributed by atoms with Crippen LogP contribution in [0.1, 0.15) is 22.3 Å². The van der Waals surface area contributed by atoms with Crippen LogP contribution in [0.15, 0.2) is 283 Å². The van der Waals surface area contributed by atoms with Crippen molar-refractivity contribution in [2.75, 3.05) is 4.90 Å². The molecule has 3 nitrogen and oxygen atoms in total. The van der Waals surface area contributed by atoms with E-state index >= 15 is 0 Å². The number of anilines is 3. The van der Waals surface area contributed by atoms with Crippen LogP contribution in [0.5, 0.6) is 0 Å². The van der Waals surface area contributed by atoms with Crippen molar-refractivity contribution in [3.63, 3.8) is 0 Å². The van der Waals surface area contributed by atoms with Gasteiger partial charge in [0.15, 0.2) is 0 Å². The first-order valence-electron chi connectivity index (χ1n) is 25.5. The highest BCUT2D eigenvalue weighted by Crippen LogP contribution is 2.59. The van der Waals surface area contributed by atoms with Gasteiger partial charge < -0.3 is 13.9 Å². The molecule has 3 heteroatoms. The third kappa shape index (κ3) is 6.27. The van der Waals surface area contributed by atoms with Crippen molar-refractivity contribution >= 4 is 71.6 Å². The van der Waals surface area contributed by atoms with Gasteiger partial charge in [0.2, 0.25) is 0 Å². The highest BCUT2D eigenvalue weighted by molar-refractivity contribution is 6.17. The van der Waals surface area contributed by atoms with Crippen molar-refractivity contribution in [2.24, 2.45) is 0 Å². The standard InChI is InChI=1S/C71H46N2O/c1-3-20-51(21-4-1)71(52-22-5-2-6-23-52)63-31-12-9-28-62(63)68-64(71)32-17-35-67(68)72(54-43-38-49(39-44-54)57-29-16-30-60-61-45-40-48-18-7-8-25-56(48)70(61)74-69(57)60)53-41-36-47(37-42-53)50-19-15-24-55(46-50)73-65-33-13-10-26-58(65)59-27-11-14-34-66(59)73/h1-46H. The highest BCUT2D eigenvalue weighted by Gasteiger charge is 2.47. The fourth-order valence-electron chi connectivity index (χ4n) is 12.5. The fraction of sp³-hybridized carbons (Fsp3) is 0.0141. The lowest BCUT2D eigenvalue weighted by atomic mass is 9.68. The molecule has 0 fully saturated rings. The van der Waals surface area contributed by atoms with Crippen LogP contribution in [0.2, 0.25) is 0 Å². The maximum absolute atomic E-state index is 6.85. The van der Waals surface area contributed by atoms with Crippen molar-refractivity contribution in [3.8, 4) is 39.1 Å². The Balaban J connectivity index is 0.903. The summed E-state index contributed by atoms with van der Waals surface area (Å²) in [6.07, 6.45) is 0. The predicted molar refractivity (Wildman–Crippen MR) is 308 cm³/mol. The summed E-state index contributed by atoms with van der Waals surface area (Å²) in [6.45, 7) is 0. The zero-order valence-electron chi connectivity index (χ0n) is 40.4. The molecule has 14 aromatic rings. The molecule has 15 rings (SSSR count). The van der Waals surface area contributed by atoms with E-state index in [-0.39, 0.29) is 0 Å². The monoisotopic (exact) mass is 942 g/mol. The fourth-order valence-corrected chi connectivity index (χ4v) is 12.5. The number of furan rings is 1. The summed E-state index contributed by atoms with van der Waals surface area (Å²) in [5, 5.41) is 7.06. The van der Waals surface area contributed by atoms with E-state index in [4.69, 9.17) is 4.42 Å². The summed E-state index contributed by atoms with van der Waals surface area (Å²) in [7, 11) is 0. The predicted octanol–water partition coefficient (Wildman–Crippen LogP) is 19.0. The Morgan fingerprint density at radius 1 is 0.338 bits per heavy atom. The Hall–Kier alpha value is -9.70. The zero-order chi connectivity index (χ0) is 48.7. The van der Waals surface area contributed by atoms with Crippen LogP contribution in [0, 0.1) is 0 Å². The molecule has 346 valence electrons. The maximum Gasteiger partial charge on any atom is 0.143 e. The second-order valence-corrected chi connectivity index (χ2v) is 19.5. The van der Waals surface area contributed by atoms with Gasteiger partial charge in [-0.05, 0) is 111 Å². The summed E-state index contributed by atoms with van der Waals surface area (Å²) in [6, 6.07) is 102. The molecule has 0 atom stereocenters. The molecule has 1 aliphatic rings. The molecule has 12 aromatic carbocycles. The van der Waals surface area contributed by atoms with Crippen LogP contribution < -0.4 is 4.90 Å². The first-order valence-corrected chi connectivity index (χ1v) is 25.5. The third-order valence-corrected chi connectivity index (χ3v) is 15.7. The smallest absolute Gasteiger partial charge is 0.143 e. The van der Waals surface area contributed by atoms with Crippen LogP contribution in [0.4, 0.5) is 17.1 Å². The summed E-state index contributed by atoms with van der Waals surface area (Å²) in [4.78, 5) is 2.46. The minimum atomic E-state index is -0.540. The molecule has 2 heterocycles. The molecule has 1 aliphatic carbocycles. The lowest BCUT2D eigenvalue weighted by Crippen LogP contribution is -2.28. The maximum atomic E-state index is 6.85. The minimum Gasteiger partial charge on any atom is -0.455 e. The van der Waals surface area contributed by atoms with Gasteiger partial charge in [-0.1, -0.05) is 218 Å². The van der Waals surface area contributed by atoms with Gasteiger partial charge in [0, 0.05) is 55.1 Å². The van der Waals surface area contributed by atoms with E-state index in [9.17, 15) is 0 Å². The first kappa shape index (κ1) is 42.0. The van der Waals surface area contributed by atoms with Gasteiger partial charge in [-0.25, -0.2) is 0 Å². The molecule has 0 radical (unpaired) electrons. The van der Waals surface area contributed by atoms with Crippen LogP contribution in [-0.2, 0) is 5.41 Å². The molecule has 0 aliphatic heterocycles. The molecule has 0 spiro atoms. The largest absolute Gasteiger partial charge is 0.455 e. The lowest BCUT2D eigenvalue weighted by Gasteiger charge is -2.34. The lowest BCUT2D eigenvalue weighted by molar-refractivity contribution is 0.674. The van der Waals surface area contributed by atoms with Gasteiger partial charge in [0.25, 0.3) is 0 Å². The molecule has 0 amide bonds. The number of hydrogen-bond donors (Lipinski definition) is 0. The van der Waals surface area contributed by atoms with Gasteiger partial charge in [-0.15, -0.1) is 0 Å². The molecule has 74 heavy (non-hydrogen) atoms. The Morgan fingerprint density at radius 3 is 1.59 bits per heavy atom. The summed E-state index contributed by atoms with van der Waals surface area (Å²) >= 11 is 0. The molecular weight excluding hydrogens is 897 g/mol. The zero-order valence-corrected chi connectivity index (χ0v) is 40.4. The van der Waals surface area contributed by atoms with Crippen LogP contribution in [0.3, 0.4) is 0 Å². The Morgan fingerprint density at radius 2 is 0.878 bits per heavy atom. The van der Waals surface area contributed by atoms with E-state index in [1.165, 1.54) is 60.6 Å². The summed E-state index contributed by atoms with van der Waals surface area (Å²) < 4.78 is 9.24. The van der Waals surface area contributed by atoms with E-state index < -0.39 is 5.41 Å². The summed E-state index contributed by atoms with van der Waals surface area (Å²) in [5.41, 5.74) is 20.0. The molecule has 0 saturated carbocycles. The first-order chi connectivity index (χ1) is 36.7.